The number of aryl methyl sites for hydroxylation is 1. The summed E-state index contributed by atoms with van der Waals surface area (Å²) < 4.78 is 13.3. The summed E-state index contributed by atoms with van der Waals surface area (Å²) in [6.07, 6.45) is 0.932. The van der Waals surface area contributed by atoms with Crippen LogP contribution in [0.25, 0.3) is 0 Å². The first-order chi connectivity index (χ1) is 5.70. The molecule has 0 saturated heterocycles. The Bertz CT molecular complexity index is 288. The van der Waals surface area contributed by atoms with E-state index in [0.29, 0.717) is 0 Å². The summed E-state index contributed by atoms with van der Waals surface area (Å²) in [6.45, 7) is 1.93. The Labute approximate surface area is 71.4 Å². The van der Waals surface area contributed by atoms with Gasteiger partial charge in [0.2, 0.25) is 0 Å². The predicted molar refractivity (Wildman–Crippen MR) is 46.5 cm³/mol. The van der Waals surface area contributed by atoms with Gasteiger partial charge in [0.15, 0.2) is 0 Å². The first-order valence-electron chi connectivity index (χ1n) is 4.20. The molecule has 0 bridgehead atoms. The van der Waals surface area contributed by atoms with Crippen molar-refractivity contribution in [3.63, 3.8) is 0 Å². The number of nitrogens with two attached hydrogens (primary N) is 1. The molecule has 0 heterocycles. The molecule has 1 aromatic carbocycles. The van der Waals surface area contributed by atoms with Gasteiger partial charge in [-0.15, -0.1) is 0 Å². The van der Waals surface area contributed by atoms with Crippen molar-refractivity contribution in [3.05, 3.63) is 35.1 Å². The van der Waals surface area contributed by atoms with E-state index >= 15 is 0 Å². The number of hydrogen-bond acceptors (Lipinski definition) is 1. The highest BCUT2D eigenvalue weighted by Gasteiger charge is 2.37. The molecule has 0 spiro atoms. The number of benzene rings is 1. The molecule has 0 aromatic heterocycles. The third-order valence-electron chi connectivity index (χ3n) is 2.48. The van der Waals surface area contributed by atoms with Crippen LogP contribution in [0.3, 0.4) is 0 Å². The van der Waals surface area contributed by atoms with E-state index in [0.717, 1.165) is 17.5 Å². The van der Waals surface area contributed by atoms with Crippen molar-refractivity contribution in [2.75, 3.05) is 0 Å². The van der Waals surface area contributed by atoms with E-state index in [1.54, 1.807) is 6.07 Å². The molecule has 2 rings (SSSR count). The lowest BCUT2D eigenvalue weighted by molar-refractivity contribution is 0.607. The second kappa shape index (κ2) is 2.56. The quantitative estimate of drug-likeness (QED) is 0.676. The van der Waals surface area contributed by atoms with Crippen molar-refractivity contribution in [2.45, 2.75) is 25.3 Å². The summed E-state index contributed by atoms with van der Waals surface area (Å²) >= 11 is 0. The van der Waals surface area contributed by atoms with Crippen LogP contribution in [-0.2, 0) is 0 Å². The van der Waals surface area contributed by atoms with Crippen LogP contribution in [0.5, 0.6) is 0 Å². The SMILES string of the molecule is Cc1cccc(F)c1[C@@H]1C[C@H]1N. The average molecular weight is 165 g/mol. The number of rotatable bonds is 1. The van der Waals surface area contributed by atoms with Crippen LogP contribution in [0.2, 0.25) is 0 Å². The van der Waals surface area contributed by atoms with Crippen LogP contribution in [0.1, 0.15) is 23.5 Å². The minimum Gasteiger partial charge on any atom is -0.327 e. The molecule has 1 fully saturated rings. The van der Waals surface area contributed by atoms with E-state index in [-0.39, 0.29) is 17.8 Å². The van der Waals surface area contributed by atoms with Gasteiger partial charge < -0.3 is 5.73 Å². The number of halogens is 1. The highest BCUT2D eigenvalue weighted by Crippen LogP contribution is 2.41. The smallest absolute Gasteiger partial charge is 0.127 e. The third-order valence-corrected chi connectivity index (χ3v) is 2.48. The van der Waals surface area contributed by atoms with E-state index in [2.05, 4.69) is 0 Å². The van der Waals surface area contributed by atoms with Crippen molar-refractivity contribution >= 4 is 0 Å². The van der Waals surface area contributed by atoms with Gasteiger partial charge in [-0.3, -0.25) is 0 Å². The van der Waals surface area contributed by atoms with E-state index in [9.17, 15) is 4.39 Å². The van der Waals surface area contributed by atoms with Gasteiger partial charge in [-0.2, -0.15) is 0 Å². The van der Waals surface area contributed by atoms with E-state index in [1.165, 1.54) is 6.07 Å². The highest BCUT2D eigenvalue weighted by atomic mass is 19.1. The zero-order valence-corrected chi connectivity index (χ0v) is 7.05. The second-order valence-corrected chi connectivity index (χ2v) is 3.48. The fourth-order valence-corrected chi connectivity index (χ4v) is 1.66. The van der Waals surface area contributed by atoms with Crippen molar-refractivity contribution in [2.24, 2.45) is 5.73 Å². The molecule has 0 amide bonds. The Morgan fingerprint density at radius 3 is 2.67 bits per heavy atom. The maximum absolute atomic E-state index is 13.3. The van der Waals surface area contributed by atoms with Crippen molar-refractivity contribution in [1.82, 2.24) is 0 Å². The lowest BCUT2D eigenvalue weighted by Crippen LogP contribution is -2.03. The molecule has 1 aromatic rings. The van der Waals surface area contributed by atoms with Crippen molar-refractivity contribution < 1.29 is 4.39 Å². The summed E-state index contributed by atoms with van der Waals surface area (Å²) in [6, 6.07) is 5.36. The van der Waals surface area contributed by atoms with E-state index in [4.69, 9.17) is 5.73 Å². The Balaban J connectivity index is 2.41. The normalized spacial score (nSPS) is 27.2. The standard InChI is InChI=1S/C10H12FN/c1-6-3-2-4-8(11)10(6)7-5-9(7)12/h2-4,7,9H,5,12H2,1H3/t7-,9-/m1/s1. The van der Waals surface area contributed by atoms with E-state index < -0.39 is 0 Å². The predicted octanol–water partition coefficient (Wildman–Crippen LogP) is 1.95. The summed E-state index contributed by atoms with van der Waals surface area (Å²) in [5.74, 6) is 0.166. The van der Waals surface area contributed by atoms with Crippen LogP contribution in [-0.4, -0.2) is 6.04 Å². The molecule has 2 N–H and O–H groups in total. The van der Waals surface area contributed by atoms with Crippen molar-refractivity contribution in [1.29, 1.82) is 0 Å². The molecule has 12 heavy (non-hydrogen) atoms. The highest BCUT2D eigenvalue weighted by molar-refractivity contribution is 5.35. The topological polar surface area (TPSA) is 26.0 Å². The van der Waals surface area contributed by atoms with Crippen LogP contribution in [0.4, 0.5) is 4.39 Å². The summed E-state index contributed by atoms with van der Waals surface area (Å²) in [5, 5.41) is 0. The molecule has 0 radical (unpaired) electrons. The minimum atomic E-state index is -0.104. The average Bonchev–Trinajstić information content (AvgIpc) is 2.67. The van der Waals surface area contributed by atoms with Crippen LogP contribution in [0, 0.1) is 12.7 Å². The van der Waals surface area contributed by atoms with Crippen LogP contribution in [0.15, 0.2) is 18.2 Å². The van der Waals surface area contributed by atoms with Gasteiger partial charge in [-0.1, -0.05) is 12.1 Å². The molecule has 1 saturated carbocycles. The lowest BCUT2D eigenvalue weighted by atomic mass is 10.0. The fourth-order valence-electron chi connectivity index (χ4n) is 1.66. The first kappa shape index (κ1) is 7.74. The fraction of sp³-hybridized carbons (Fsp3) is 0.400. The Kier molecular flexibility index (Phi) is 1.65. The molecule has 1 nitrogen and oxygen atoms in total. The maximum atomic E-state index is 13.3. The van der Waals surface area contributed by atoms with Crippen LogP contribution < -0.4 is 5.73 Å². The molecule has 0 unspecified atom stereocenters. The maximum Gasteiger partial charge on any atom is 0.127 e. The molecule has 2 atom stereocenters. The molecule has 0 aliphatic heterocycles. The van der Waals surface area contributed by atoms with Crippen molar-refractivity contribution in [3.8, 4) is 0 Å². The monoisotopic (exact) mass is 165 g/mol. The summed E-state index contributed by atoms with van der Waals surface area (Å²) in [4.78, 5) is 0. The molecule has 2 heteroatoms. The zero-order valence-electron chi connectivity index (χ0n) is 7.05. The minimum absolute atomic E-state index is 0.104. The lowest BCUT2D eigenvalue weighted by Gasteiger charge is -2.04. The van der Waals surface area contributed by atoms with Gasteiger partial charge in [-0.05, 0) is 30.5 Å². The zero-order chi connectivity index (χ0) is 8.72. The van der Waals surface area contributed by atoms with E-state index in [1.807, 2.05) is 13.0 Å². The summed E-state index contributed by atoms with van der Waals surface area (Å²) in [7, 11) is 0. The van der Waals surface area contributed by atoms with Gasteiger partial charge in [0.1, 0.15) is 5.82 Å². The first-order valence-corrected chi connectivity index (χ1v) is 4.20. The molecule has 64 valence electrons. The third kappa shape index (κ3) is 1.12. The van der Waals surface area contributed by atoms with Gasteiger partial charge in [0.05, 0.1) is 0 Å². The van der Waals surface area contributed by atoms with Crippen LogP contribution >= 0.6 is 0 Å². The Hall–Kier alpha value is -0.890. The molecular weight excluding hydrogens is 153 g/mol. The van der Waals surface area contributed by atoms with Gasteiger partial charge >= 0.3 is 0 Å². The van der Waals surface area contributed by atoms with Gasteiger partial charge in [-0.25, -0.2) is 4.39 Å². The second-order valence-electron chi connectivity index (χ2n) is 3.48. The molecule has 1 aliphatic carbocycles. The molecular formula is C10H12FN. The molecule has 1 aliphatic rings. The summed E-state index contributed by atoms with van der Waals surface area (Å²) in [5.41, 5.74) is 7.51. The Morgan fingerprint density at radius 1 is 1.50 bits per heavy atom. The Morgan fingerprint density at radius 2 is 2.17 bits per heavy atom. The number of hydrogen-bond donors (Lipinski definition) is 1. The van der Waals surface area contributed by atoms with Gasteiger partial charge in [0, 0.05) is 12.0 Å². The van der Waals surface area contributed by atoms with Gasteiger partial charge in [0.25, 0.3) is 0 Å². The largest absolute Gasteiger partial charge is 0.327 e.